The molecule has 0 aliphatic carbocycles. The normalized spacial score (nSPS) is 14.2. The lowest BCUT2D eigenvalue weighted by atomic mass is 10.0. The summed E-state index contributed by atoms with van der Waals surface area (Å²) in [7, 11) is 1.50. The summed E-state index contributed by atoms with van der Waals surface area (Å²) in [5.74, 6) is 0.477. The Bertz CT molecular complexity index is 1140. The third-order valence-electron chi connectivity index (χ3n) is 6.01. The Morgan fingerprint density at radius 2 is 1.63 bits per heavy atom. The van der Waals surface area contributed by atoms with Crippen LogP contribution >= 0.6 is 0 Å². The number of benzene rings is 3. The van der Waals surface area contributed by atoms with Crippen molar-refractivity contribution in [2.24, 2.45) is 0 Å². The lowest BCUT2D eigenvalue weighted by Gasteiger charge is -2.26. The summed E-state index contributed by atoms with van der Waals surface area (Å²) in [5, 5.41) is 3.03. The van der Waals surface area contributed by atoms with E-state index in [2.05, 4.69) is 29.6 Å². The minimum absolute atomic E-state index is 0.0993. The zero-order valence-electron chi connectivity index (χ0n) is 20.0. The highest BCUT2D eigenvalue weighted by molar-refractivity contribution is 5.95. The molecule has 1 N–H and O–H groups in total. The molecular weight excluding hydrogens is 444 g/mol. The lowest BCUT2D eigenvalue weighted by molar-refractivity contribution is -0.137. The monoisotopic (exact) mass is 474 g/mol. The SMILES string of the molecule is COc1cc(C(=O)NC(C)c2ccc(-c3ccccc3)cc2)ccc1OCC(=O)N1CCOCC1. The predicted molar refractivity (Wildman–Crippen MR) is 134 cm³/mol. The van der Waals surface area contributed by atoms with E-state index in [9.17, 15) is 9.59 Å². The first kappa shape index (κ1) is 24.3. The van der Waals surface area contributed by atoms with E-state index in [0.29, 0.717) is 43.4 Å². The predicted octanol–water partition coefficient (Wildman–Crippen LogP) is 4.09. The number of carbonyl (C=O) groups excluding carboxylic acids is 2. The molecule has 1 heterocycles. The third kappa shape index (κ3) is 6.19. The van der Waals surface area contributed by atoms with Crippen molar-refractivity contribution in [1.82, 2.24) is 10.2 Å². The van der Waals surface area contributed by atoms with E-state index in [0.717, 1.165) is 16.7 Å². The second-order valence-electron chi connectivity index (χ2n) is 8.33. The van der Waals surface area contributed by atoms with Gasteiger partial charge >= 0.3 is 0 Å². The maximum absolute atomic E-state index is 12.9. The second-order valence-corrected chi connectivity index (χ2v) is 8.33. The van der Waals surface area contributed by atoms with Crippen LogP contribution in [0.2, 0.25) is 0 Å². The zero-order chi connectivity index (χ0) is 24.6. The van der Waals surface area contributed by atoms with Gasteiger partial charge in [0.25, 0.3) is 11.8 Å². The summed E-state index contributed by atoms with van der Waals surface area (Å²) in [6.07, 6.45) is 0. The number of carbonyl (C=O) groups is 2. The van der Waals surface area contributed by atoms with Gasteiger partial charge in [0.05, 0.1) is 26.4 Å². The van der Waals surface area contributed by atoms with E-state index in [1.165, 1.54) is 7.11 Å². The number of morpholine rings is 1. The summed E-state index contributed by atoms with van der Waals surface area (Å²) < 4.78 is 16.4. The molecule has 1 atom stereocenters. The van der Waals surface area contributed by atoms with Crippen molar-refractivity contribution >= 4 is 11.8 Å². The summed E-state index contributed by atoms with van der Waals surface area (Å²) in [6.45, 7) is 4.04. The Morgan fingerprint density at radius 3 is 2.31 bits per heavy atom. The highest BCUT2D eigenvalue weighted by Gasteiger charge is 2.19. The van der Waals surface area contributed by atoms with E-state index in [-0.39, 0.29) is 24.5 Å². The molecule has 35 heavy (non-hydrogen) atoms. The first-order valence-electron chi connectivity index (χ1n) is 11.7. The van der Waals surface area contributed by atoms with Gasteiger partial charge in [-0.05, 0) is 41.8 Å². The van der Waals surface area contributed by atoms with Gasteiger partial charge in [0, 0.05) is 18.7 Å². The average Bonchev–Trinajstić information content (AvgIpc) is 2.92. The molecule has 0 saturated carbocycles. The van der Waals surface area contributed by atoms with Gasteiger partial charge in [0.15, 0.2) is 18.1 Å². The van der Waals surface area contributed by atoms with Crippen LogP contribution in [-0.2, 0) is 9.53 Å². The maximum Gasteiger partial charge on any atom is 0.260 e. The van der Waals surface area contributed by atoms with Crippen molar-refractivity contribution in [2.45, 2.75) is 13.0 Å². The van der Waals surface area contributed by atoms with Gasteiger partial charge in [0.1, 0.15) is 0 Å². The molecule has 3 aromatic rings. The Labute approximate surface area is 205 Å². The molecule has 0 radical (unpaired) electrons. The van der Waals surface area contributed by atoms with Gasteiger partial charge < -0.3 is 24.4 Å². The number of nitrogens with zero attached hydrogens (tertiary/aromatic N) is 1. The van der Waals surface area contributed by atoms with Crippen LogP contribution in [-0.4, -0.2) is 56.7 Å². The van der Waals surface area contributed by atoms with Crippen molar-refractivity contribution in [1.29, 1.82) is 0 Å². The first-order chi connectivity index (χ1) is 17.0. The van der Waals surface area contributed by atoms with E-state index in [1.807, 2.05) is 37.3 Å². The number of ether oxygens (including phenoxy) is 3. The Morgan fingerprint density at radius 1 is 0.943 bits per heavy atom. The molecule has 0 bridgehead atoms. The quantitative estimate of drug-likeness (QED) is 0.532. The molecule has 182 valence electrons. The molecular formula is C28H30N2O5. The average molecular weight is 475 g/mol. The molecule has 7 nitrogen and oxygen atoms in total. The van der Waals surface area contributed by atoms with Crippen molar-refractivity contribution in [3.05, 3.63) is 83.9 Å². The lowest BCUT2D eigenvalue weighted by Crippen LogP contribution is -2.43. The number of methoxy groups -OCH3 is 1. The van der Waals surface area contributed by atoms with E-state index in [1.54, 1.807) is 23.1 Å². The Kier molecular flexibility index (Phi) is 8.00. The van der Waals surface area contributed by atoms with Gasteiger partial charge in [-0.25, -0.2) is 0 Å². The van der Waals surface area contributed by atoms with Crippen molar-refractivity contribution in [2.75, 3.05) is 40.0 Å². The molecule has 3 aromatic carbocycles. The van der Waals surface area contributed by atoms with E-state index in [4.69, 9.17) is 14.2 Å². The van der Waals surface area contributed by atoms with Crippen LogP contribution < -0.4 is 14.8 Å². The van der Waals surface area contributed by atoms with Gasteiger partial charge in [-0.15, -0.1) is 0 Å². The van der Waals surface area contributed by atoms with E-state index >= 15 is 0 Å². The third-order valence-corrected chi connectivity index (χ3v) is 6.01. The molecule has 4 rings (SSSR count). The largest absolute Gasteiger partial charge is 0.493 e. The number of amides is 2. The number of nitrogens with one attached hydrogen (secondary N) is 1. The molecule has 1 aliphatic rings. The van der Waals surface area contributed by atoms with Crippen LogP contribution in [0, 0.1) is 0 Å². The molecule has 0 aromatic heterocycles. The Balaban J connectivity index is 1.36. The second kappa shape index (κ2) is 11.5. The van der Waals surface area contributed by atoms with Gasteiger partial charge in [-0.2, -0.15) is 0 Å². The van der Waals surface area contributed by atoms with Gasteiger partial charge in [-0.1, -0.05) is 54.6 Å². The molecule has 7 heteroatoms. The van der Waals surface area contributed by atoms with Crippen LogP contribution in [0.5, 0.6) is 11.5 Å². The standard InChI is InChI=1S/C28H30N2O5/c1-20(21-8-10-23(11-9-21)22-6-4-3-5-7-22)29-28(32)24-12-13-25(26(18-24)33-2)35-19-27(31)30-14-16-34-17-15-30/h3-13,18,20H,14-17,19H2,1-2H3,(H,29,32). The fourth-order valence-electron chi connectivity index (χ4n) is 3.93. The van der Waals surface area contributed by atoms with Crippen LogP contribution in [0.1, 0.15) is 28.9 Å². The van der Waals surface area contributed by atoms with Crippen LogP contribution in [0.25, 0.3) is 11.1 Å². The number of hydrogen-bond donors (Lipinski definition) is 1. The highest BCUT2D eigenvalue weighted by atomic mass is 16.5. The minimum Gasteiger partial charge on any atom is -0.493 e. The molecule has 1 saturated heterocycles. The Hall–Kier alpha value is -3.84. The van der Waals surface area contributed by atoms with Crippen molar-refractivity contribution in [3.8, 4) is 22.6 Å². The summed E-state index contributed by atoms with van der Waals surface area (Å²) in [4.78, 5) is 26.9. The van der Waals surface area contributed by atoms with E-state index < -0.39 is 0 Å². The van der Waals surface area contributed by atoms with Crippen molar-refractivity contribution < 1.29 is 23.8 Å². The van der Waals surface area contributed by atoms with Crippen LogP contribution in [0.4, 0.5) is 0 Å². The smallest absolute Gasteiger partial charge is 0.260 e. The fourth-order valence-corrected chi connectivity index (χ4v) is 3.93. The summed E-state index contributed by atoms with van der Waals surface area (Å²) >= 11 is 0. The molecule has 0 spiro atoms. The fraction of sp³-hybridized carbons (Fsp3) is 0.286. The topological polar surface area (TPSA) is 77.1 Å². The number of rotatable bonds is 8. The maximum atomic E-state index is 12.9. The number of hydrogen-bond acceptors (Lipinski definition) is 5. The molecule has 2 amide bonds. The van der Waals surface area contributed by atoms with Crippen LogP contribution in [0.15, 0.2) is 72.8 Å². The summed E-state index contributed by atoms with van der Waals surface area (Å²) in [5.41, 5.74) is 3.73. The molecule has 1 unspecified atom stereocenters. The zero-order valence-corrected chi connectivity index (χ0v) is 20.0. The molecule has 1 fully saturated rings. The summed E-state index contributed by atoms with van der Waals surface area (Å²) in [6, 6.07) is 23.1. The highest BCUT2D eigenvalue weighted by Crippen LogP contribution is 2.29. The minimum atomic E-state index is -0.223. The molecule has 1 aliphatic heterocycles. The van der Waals surface area contributed by atoms with Crippen molar-refractivity contribution in [3.63, 3.8) is 0 Å². The van der Waals surface area contributed by atoms with Gasteiger partial charge in [-0.3, -0.25) is 9.59 Å². The first-order valence-corrected chi connectivity index (χ1v) is 11.7. The van der Waals surface area contributed by atoms with Gasteiger partial charge in [0.2, 0.25) is 0 Å². The van der Waals surface area contributed by atoms with Crippen LogP contribution in [0.3, 0.4) is 0 Å².